The largest absolute Gasteiger partial charge is 0.299 e. The zero-order valence-corrected chi connectivity index (χ0v) is 16.4. The first-order chi connectivity index (χ1) is 14.2. The van der Waals surface area contributed by atoms with Crippen LogP contribution in [0.5, 0.6) is 0 Å². The van der Waals surface area contributed by atoms with Crippen LogP contribution < -0.4 is 0 Å². The molecule has 1 atom stereocenters. The molecule has 1 unspecified atom stereocenters. The van der Waals surface area contributed by atoms with Crippen molar-refractivity contribution in [1.29, 1.82) is 0 Å². The fourth-order valence-electron chi connectivity index (χ4n) is 4.10. The summed E-state index contributed by atoms with van der Waals surface area (Å²) < 4.78 is 2.07. The molecule has 0 saturated heterocycles. The van der Waals surface area contributed by atoms with Gasteiger partial charge in [-0.2, -0.15) is 0 Å². The number of fused-ring (bicyclic) bond motifs is 1. The number of carbonyl (C=O) groups is 1. The minimum absolute atomic E-state index is 0.179. The predicted molar refractivity (Wildman–Crippen MR) is 113 cm³/mol. The van der Waals surface area contributed by atoms with E-state index < -0.39 is 0 Å². The van der Waals surface area contributed by atoms with Crippen molar-refractivity contribution in [3.8, 4) is 22.5 Å². The molecule has 3 heterocycles. The summed E-state index contributed by atoms with van der Waals surface area (Å²) in [7, 11) is 0. The predicted octanol–water partition coefficient (Wildman–Crippen LogP) is 4.99. The summed E-state index contributed by atoms with van der Waals surface area (Å²) in [6.45, 7) is 2.00. The van der Waals surface area contributed by atoms with Crippen LogP contribution in [0.2, 0.25) is 0 Å². The van der Waals surface area contributed by atoms with E-state index in [1.54, 1.807) is 0 Å². The van der Waals surface area contributed by atoms with Gasteiger partial charge < -0.3 is 0 Å². The van der Waals surface area contributed by atoms with Crippen molar-refractivity contribution in [1.82, 2.24) is 19.4 Å². The van der Waals surface area contributed by atoms with E-state index in [2.05, 4.69) is 38.8 Å². The van der Waals surface area contributed by atoms with Gasteiger partial charge in [0.25, 0.3) is 0 Å². The molecule has 0 N–H and O–H groups in total. The van der Waals surface area contributed by atoms with Crippen LogP contribution >= 0.6 is 0 Å². The Morgan fingerprint density at radius 2 is 1.83 bits per heavy atom. The normalized spacial score (nSPS) is 17.0. The van der Waals surface area contributed by atoms with Gasteiger partial charge in [0.05, 0.1) is 23.5 Å². The Morgan fingerprint density at radius 1 is 0.966 bits per heavy atom. The van der Waals surface area contributed by atoms with E-state index in [-0.39, 0.29) is 11.7 Å². The van der Waals surface area contributed by atoms with E-state index in [1.165, 1.54) is 0 Å². The summed E-state index contributed by atoms with van der Waals surface area (Å²) >= 11 is 0. The minimum Gasteiger partial charge on any atom is -0.299 e. The summed E-state index contributed by atoms with van der Waals surface area (Å²) in [5.74, 6) is 0.724. The van der Waals surface area contributed by atoms with E-state index >= 15 is 0 Å². The molecule has 0 aliphatic heterocycles. The summed E-state index contributed by atoms with van der Waals surface area (Å²) in [6.07, 6.45) is 9.29. The van der Waals surface area contributed by atoms with Crippen LogP contribution in [0.1, 0.15) is 43.0 Å². The van der Waals surface area contributed by atoms with Crippen LogP contribution in [-0.4, -0.2) is 25.1 Å². The average Bonchev–Trinajstić information content (AvgIpc) is 3.18. The molecule has 1 aromatic carbocycles. The number of imidazole rings is 1. The van der Waals surface area contributed by atoms with Gasteiger partial charge in [-0.25, -0.2) is 15.0 Å². The molecule has 29 heavy (non-hydrogen) atoms. The van der Waals surface area contributed by atoms with Crippen LogP contribution in [-0.2, 0) is 4.79 Å². The van der Waals surface area contributed by atoms with Gasteiger partial charge in [0.1, 0.15) is 17.3 Å². The lowest BCUT2D eigenvalue weighted by atomic mass is 9.87. The van der Waals surface area contributed by atoms with Crippen molar-refractivity contribution in [2.75, 3.05) is 0 Å². The van der Waals surface area contributed by atoms with E-state index in [9.17, 15) is 4.79 Å². The van der Waals surface area contributed by atoms with Crippen LogP contribution in [0.25, 0.3) is 28.2 Å². The SMILES string of the molecule is Cc1cnc(C2CCCCC2=O)nc1-c1cnc2ccc(-c3ccccc3)cn12. The van der Waals surface area contributed by atoms with E-state index in [0.29, 0.717) is 12.2 Å². The molecule has 0 bridgehead atoms. The summed E-state index contributed by atoms with van der Waals surface area (Å²) in [5, 5.41) is 0. The third-order valence-corrected chi connectivity index (χ3v) is 5.71. The van der Waals surface area contributed by atoms with E-state index in [4.69, 9.17) is 4.98 Å². The first-order valence-electron chi connectivity index (χ1n) is 10.1. The number of hydrogen-bond donors (Lipinski definition) is 0. The molecule has 5 heteroatoms. The van der Waals surface area contributed by atoms with Gasteiger partial charge in [-0.3, -0.25) is 9.20 Å². The Labute approximate surface area is 169 Å². The first kappa shape index (κ1) is 17.7. The number of aromatic nitrogens is 4. The Balaban J connectivity index is 1.62. The molecule has 0 amide bonds. The van der Waals surface area contributed by atoms with E-state index in [1.807, 2.05) is 43.6 Å². The molecular formula is C24H22N4O. The average molecular weight is 382 g/mol. The first-order valence-corrected chi connectivity index (χ1v) is 10.1. The molecule has 3 aromatic heterocycles. The maximum absolute atomic E-state index is 12.4. The van der Waals surface area contributed by atoms with Crippen LogP contribution in [0.15, 0.2) is 61.1 Å². The molecule has 4 aromatic rings. The minimum atomic E-state index is -0.179. The number of benzene rings is 1. The number of pyridine rings is 1. The fourth-order valence-corrected chi connectivity index (χ4v) is 4.10. The number of aryl methyl sites for hydroxylation is 1. The number of nitrogens with zero attached hydrogens (tertiary/aromatic N) is 4. The lowest BCUT2D eigenvalue weighted by molar-refractivity contribution is -0.122. The number of rotatable bonds is 3. The Hall–Kier alpha value is -3.34. The highest BCUT2D eigenvalue weighted by Crippen LogP contribution is 2.31. The zero-order valence-electron chi connectivity index (χ0n) is 16.4. The Bertz CT molecular complexity index is 1200. The van der Waals surface area contributed by atoms with Crippen LogP contribution in [0.3, 0.4) is 0 Å². The molecule has 0 radical (unpaired) electrons. The zero-order chi connectivity index (χ0) is 19.8. The molecule has 1 fully saturated rings. The highest BCUT2D eigenvalue weighted by molar-refractivity contribution is 5.85. The standard InChI is InChI=1S/C24H22N4O/c1-16-13-26-24(19-9-5-6-10-21(19)29)27-23(16)20-14-25-22-12-11-18(15-28(20)22)17-7-3-2-4-8-17/h2-4,7-8,11-15,19H,5-6,9-10H2,1H3. The molecule has 1 aliphatic rings. The molecule has 1 saturated carbocycles. The highest BCUT2D eigenvalue weighted by Gasteiger charge is 2.27. The third-order valence-electron chi connectivity index (χ3n) is 5.71. The smallest absolute Gasteiger partial charge is 0.143 e. The van der Waals surface area contributed by atoms with Crippen molar-refractivity contribution < 1.29 is 4.79 Å². The molecular weight excluding hydrogens is 360 g/mol. The van der Waals surface area contributed by atoms with Gasteiger partial charge in [0, 0.05) is 18.8 Å². The van der Waals surface area contributed by atoms with Crippen molar-refractivity contribution in [2.24, 2.45) is 0 Å². The second kappa shape index (κ2) is 7.24. The third kappa shape index (κ3) is 3.23. The van der Waals surface area contributed by atoms with Gasteiger partial charge in [0.2, 0.25) is 0 Å². The fraction of sp³-hybridized carbons (Fsp3) is 0.250. The monoisotopic (exact) mass is 382 g/mol. The number of hydrogen-bond acceptors (Lipinski definition) is 4. The van der Waals surface area contributed by atoms with Crippen molar-refractivity contribution >= 4 is 11.4 Å². The number of ketones is 1. The van der Waals surface area contributed by atoms with Crippen LogP contribution in [0.4, 0.5) is 0 Å². The Kier molecular flexibility index (Phi) is 4.43. The molecule has 5 rings (SSSR count). The van der Waals surface area contributed by atoms with Gasteiger partial charge in [-0.05, 0) is 48.6 Å². The van der Waals surface area contributed by atoms with Crippen molar-refractivity contribution in [3.63, 3.8) is 0 Å². The van der Waals surface area contributed by atoms with E-state index in [0.717, 1.165) is 53.0 Å². The van der Waals surface area contributed by atoms with Gasteiger partial charge in [0.15, 0.2) is 0 Å². The highest BCUT2D eigenvalue weighted by atomic mass is 16.1. The number of Topliss-reactive ketones (excluding diaryl/α,β-unsaturated/α-hetero) is 1. The van der Waals surface area contributed by atoms with Gasteiger partial charge in [-0.1, -0.05) is 36.8 Å². The lowest BCUT2D eigenvalue weighted by Gasteiger charge is -2.19. The molecule has 144 valence electrons. The maximum atomic E-state index is 12.4. The summed E-state index contributed by atoms with van der Waals surface area (Å²) in [4.78, 5) is 26.3. The topological polar surface area (TPSA) is 60.2 Å². The van der Waals surface area contributed by atoms with Crippen molar-refractivity contribution in [3.05, 3.63) is 72.4 Å². The summed E-state index contributed by atoms with van der Waals surface area (Å²) in [6, 6.07) is 14.4. The second-order valence-corrected chi connectivity index (χ2v) is 7.68. The maximum Gasteiger partial charge on any atom is 0.143 e. The summed E-state index contributed by atoms with van der Waals surface area (Å²) in [5.41, 5.74) is 5.87. The van der Waals surface area contributed by atoms with Gasteiger partial charge in [-0.15, -0.1) is 0 Å². The molecule has 0 spiro atoms. The lowest BCUT2D eigenvalue weighted by Crippen LogP contribution is -2.19. The Morgan fingerprint density at radius 3 is 2.66 bits per heavy atom. The second-order valence-electron chi connectivity index (χ2n) is 7.68. The number of carbonyl (C=O) groups excluding carboxylic acids is 1. The van der Waals surface area contributed by atoms with Gasteiger partial charge >= 0.3 is 0 Å². The van der Waals surface area contributed by atoms with Crippen LogP contribution in [0, 0.1) is 6.92 Å². The molecule has 1 aliphatic carbocycles. The quantitative estimate of drug-likeness (QED) is 0.501. The molecule has 5 nitrogen and oxygen atoms in total. The van der Waals surface area contributed by atoms with Crippen molar-refractivity contribution in [2.45, 2.75) is 38.5 Å².